The van der Waals surface area contributed by atoms with Crippen LogP contribution in [-0.4, -0.2) is 29.7 Å². The summed E-state index contributed by atoms with van der Waals surface area (Å²) < 4.78 is 18.0. The zero-order valence-corrected chi connectivity index (χ0v) is 23.0. The minimum atomic E-state index is -0.600. The fourth-order valence-electron chi connectivity index (χ4n) is 5.41. The van der Waals surface area contributed by atoms with Crippen molar-refractivity contribution in [1.82, 2.24) is 10.7 Å². The van der Waals surface area contributed by atoms with Gasteiger partial charge < -0.3 is 19.2 Å². The summed E-state index contributed by atoms with van der Waals surface area (Å²) in [5.41, 5.74) is 6.00. The van der Waals surface area contributed by atoms with Crippen LogP contribution in [0, 0.1) is 0 Å². The van der Waals surface area contributed by atoms with Crippen molar-refractivity contribution in [3.05, 3.63) is 59.6 Å². The van der Waals surface area contributed by atoms with E-state index in [0.29, 0.717) is 5.58 Å². The van der Waals surface area contributed by atoms with E-state index in [-0.39, 0.29) is 30.0 Å². The van der Waals surface area contributed by atoms with Crippen LogP contribution < -0.4 is 21.0 Å². The summed E-state index contributed by atoms with van der Waals surface area (Å²) in [7, 11) is 0. The van der Waals surface area contributed by atoms with Gasteiger partial charge in [0.25, 0.3) is 0 Å². The Kier molecular flexibility index (Phi) is 7.64. The molecule has 206 valence electrons. The normalized spacial score (nSPS) is 16.8. The highest BCUT2D eigenvalue weighted by molar-refractivity contribution is 5.94. The van der Waals surface area contributed by atoms with E-state index in [1.54, 1.807) is 20.8 Å². The van der Waals surface area contributed by atoms with Gasteiger partial charge in [-0.05, 0) is 82.1 Å². The Hall–Kier alpha value is -3.81. The monoisotopic (exact) mass is 531 g/mol. The van der Waals surface area contributed by atoms with Crippen molar-refractivity contribution < 1.29 is 23.5 Å². The van der Waals surface area contributed by atoms with E-state index in [4.69, 9.17) is 13.9 Å². The molecule has 0 atom stereocenters. The predicted octanol–water partition coefficient (Wildman–Crippen LogP) is 5.97. The molecular formula is C31H37N3O5. The number of nitrogens with one attached hydrogen (secondary N) is 2. The average molecular weight is 532 g/mol. The second-order valence-corrected chi connectivity index (χ2v) is 11.5. The van der Waals surface area contributed by atoms with Crippen molar-refractivity contribution in [1.29, 1.82) is 0 Å². The van der Waals surface area contributed by atoms with Crippen LogP contribution >= 0.6 is 0 Å². The van der Waals surface area contributed by atoms with E-state index in [9.17, 15) is 9.59 Å². The summed E-state index contributed by atoms with van der Waals surface area (Å²) in [5.74, 6) is 0.531. The fraction of sp³-hybridized carbons (Fsp3) is 0.452. The second kappa shape index (κ2) is 11.1. The fourth-order valence-corrected chi connectivity index (χ4v) is 5.41. The lowest BCUT2D eigenvalue weighted by Gasteiger charge is -2.41. The van der Waals surface area contributed by atoms with Gasteiger partial charge in [-0.2, -0.15) is 0 Å². The molecule has 3 aromatic rings. The van der Waals surface area contributed by atoms with Crippen molar-refractivity contribution >= 4 is 23.0 Å². The van der Waals surface area contributed by atoms with E-state index in [0.717, 1.165) is 47.9 Å². The van der Waals surface area contributed by atoms with Crippen LogP contribution in [0.3, 0.4) is 0 Å². The highest BCUT2D eigenvalue weighted by Gasteiger charge is 2.37. The van der Waals surface area contributed by atoms with Gasteiger partial charge in [-0.3, -0.25) is 4.79 Å². The second-order valence-electron chi connectivity index (χ2n) is 11.5. The van der Waals surface area contributed by atoms with Crippen LogP contribution in [0.4, 0.5) is 4.79 Å². The molecule has 1 aliphatic carbocycles. The van der Waals surface area contributed by atoms with Crippen molar-refractivity contribution in [2.75, 3.05) is 6.54 Å². The first-order valence-corrected chi connectivity index (χ1v) is 13.8. The number of amides is 2. The summed E-state index contributed by atoms with van der Waals surface area (Å²) in [6, 6.07) is 16.1. The summed E-state index contributed by atoms with van der Waals surface area (Å²) >= 11 is 0. The Bertz CT molecular complexity index is 1420. The van der Waals surface area contributed by atoms with Gasteiger partial charge >= 0.3 is 6.09 Å². The molecule has 8 heteroatoms. The molecule has 1 fully saturated rings. The number of hydrogen-bond donors (Lipinski definition) is 2. The molecule has 0 bridgehead atoms. The maximum Gasteiger partial charge on any atom is 0.407 e. The van der Waals surface area contributed by atoms with Gasteiger partial charge in [0.15, 0.2) is 0 Å². The highest BCUT2D eigenvalue weighted by atomic mass is 16.6. The zero-order valence-electron chi connectivity index (χ0n) is 23.0. The third kappa shape index (κ3) is 6.61. The maximum absolute atomic E-state index is 12.4. The average Bonchev–Trinajstić information content (AvgIpc) is 2.90. The number of carbonyl (C=O) groups excluding carboxylic acids is 2. The van der Waals surface area contributed by atoms with E-state index in [2.05, 4.69) is 21.9 Å². The number of rotatable bonds is 5. The third-order valence-electron chi connectivity index (χ3n) is 7.27. The quantitative estimate of drug-likeness (QED) is 0.395. The van der Waals surface area contributed by atoms with Crippen molar-refractivity contribution in [3.63, 3.8) is 0 Å². The number of benzene rings is 2. The zero-order chi connectivity index (χ0) is 27.5. The molecule has 2 aromatic carbocycles. The number of alkyl carbamates (subject to hydrolysis) is 1. The SMILES string of the molecule is CC(C)(C)OC(=O)NCCC(=O)NN=c1cc(-c2ccccc2)c2cc3c(cc2o1)OC1(CCCCC1)CC3. The molecule has 2 amide bonds. The minimum Gasteiger partial charge on any atom is -0.487 e. The lowest BCUT2D eigenvalue weighted by molar-refractivity contribution is -0.121. The largest absolute Gasteiger partial charge is 0.487 e. The Morgan fingerprint density at radius 3 is 2.54 bits per heavy atom. The number of carbonyl (C=O) groups is 2. The predicted molar refractivity (Wildman–Crippen MR) is 149 cm³/mol. The van der Waals surface area contributed by atoms with Gasteiger partial charge in [0.05, 0.1) is 0 Å². The molecule has 2 N–H and O–H groups in total. The van der Waals surface area contributed by atoms with Crippen LogP contribution in [0.1, 0.15) is 71.3 Å². The molecule has 1 saturated carbocycles. The Morgan fingerprint density at radius 2 is 1.79 bits per heavy atom. The molecule has 2 heterocycles. The van der Waals surface area contributed by atoms with Crippen LogP contribution in [-0.2, 0) is 16.0 Å². The van der Waals surface area contributed by atoms with Crippen LogP contribution in [0.15, 0.2) is 58.0 Å². The third-order valence-corrected chi connectivity index (χ3v) is 7.27. The Balaban J connectivity index is 1.39. The first-order chi connectivity index (χ1) is 18.7. The van der Waals surface area contributed by atoms with Crippen molar-refractivity contribution in [2.45, 2.75) is 83.3 Å². The molecule has 2 aliphatic rings. The topological polar surface area (TPSA) is 102 Å². The van der Waals surface area contributed by atoms with Gasteiger partial charge in [-0.1, -0.05) is 36.8 Å². The lowest BCUT2D eigenvalue weighted by atomic mass is 9.79. The van der Waals surface area contributed by atoms with Gasteiger partial charge in [0.2, 0.25) is 11.5 Å². The smallest absolute Gasteiger partial charge is 0.407 e. The first-order valence-electron chi connectivity index (χ1n) is 13.8. The number of nitrogens with zero attached hydrogens (tertiary/aromatic N) is 1. The number of ether oxygens (including phenoxy) is 2. The minimum absolute atomic E-state index is 0.0469. The van der Waals surface area contributed by atoms with Crippen LogP contribution in [0.25, 0.3) is 22.1 Å². The first kappa shape index (κ1) is 26.8. The molecule has 1 aliphatic heterocycles. The number of fused-ring (bicyclic) bond motifs is 2. The van der Waals surface area contributed by atoms with Gasteiger partial charge in [-0.25, -0.2) is 10.2 Å². The summed E-state index contributed by atoms with van der Waals surface area (Å²) in [6.07, 6.45) is 7.41. The Morgan fingerprint density at radius 1 is 1.03 bits per heavy atom. The molecule has 0 radical (unpaired) electrons. The lowest BCUT2D eigenvalue weighted by Crippen LogP contribution is -2.41. The molecule has 1 aromatic heterocycles. The van der Waals surface area contributed by atoms with Gasteiger partial charge in [0, 0.05) is 30.5 Å². The number of hydrogen-bond acceptors (Lipinski definition) is 6. The highest BCUT2D eigenvalue weighted by Crippen LogP contribution is 2.43. The molecule has 5 rings (SSSR count). The van der Waals surface area contributed by atoms with E-state index >= 15 is 0 Å². The molecule has 1 spiro atoms. The van der Waals surface area contributed by atoms with Gasteiger partial charge in [-0.15, -0.1) is 5.10 Å². The van der Waals surface area contributed by atoms with Crippen LogP contribution in [0.2, 0.25) is 0 Å². The summed E-state index contributed by atoms with van der Waals surface area (Å²) in [6.45, 7) is 5.48. The Labute approximate surface area is 228 Å². The van der Waals surface area contributed by atoms with E-state index in [1.807, 2.05) is 42.5 Å². The summed E-state index contributed by atoms with van der Waals surface area (Å²) in [4.78, 5) is 24.2. The van der Waals surface area contributed by atoms with Gasteiger partial charge in [0.1, 0.15) is 22.5 Å². The van der Waals surface area contributed by atoms with Crippen molar-refractivity contribution in [3.8, 4) is 16.9 Å². The number of aryl methyl sites for hydroxylation is 1. The summed E-state index contributed by atoms with van der Waals surface area (Å²) in [5, 5.41) is 7.80. The van der Waals surface area contributed by atoms with E-state index in [1.165, 1.54) is 24.8 Å². The van der Waals surface area contributed by atoms with Crippen molar-refractivity contribution in [2.24, 2.45) is 5.10 Å². The van der Waals surface area contributed by atoms with Crippen LogP contribution in [0.5, 0.6) is 5.75 Å². The molecule has 0 unspecified atom stereocenters. The molecule has 39 heavy (non-hydrogen) atoms. The standard InChI is InChI=1S/C31H37N3O5/c1-30(2,3)39-29(36)32-17-13-27(35)33-34-28-19-23(21-10-6-4-7-11-21)24-18-22-12-16-31(14-8-5-9-15-31)38-25(22)20-26(24)37-28/h4,6-7,10-11,18-20H,5,8-9,12-17H2,1-3H3,(H,32,36)(H,33,35). The molecular weight excluding hydrogens is 494 g/mol. The maximum atomic E-state index is 12.4. The molecule has 0 saturated heterocycles. The molecule has 8 nitrogen and oxygen atoms in total. The van der Waals surface area contributed by atoms with E-state index < -0.39 is 11.7 Å².